The van der Waals surface area contributed by atoms with Crippen molar-refractivity contribution < 1.29 is 18.7 Å². The predicted octanol–water partition coefficient (Wildman–Crippen LogP) is 3.20. The zero-order chi connectivity index (χ0) is 22.8. The maximum absolute atomic E-state index is 13.7. The summed E-state index contributed by atoms with van der Waals surface area (Å²) in [7, 11) is 1.66. The number of piperazine rings is 1. The second kappa shape index (κ2) is 9.02. The summed E-state index contributed by atoms with van der Waals surface area (Å²) < 4.78 is 10.7. The SMILES string of the molecule is COc1cccc(N2CCN(C(=O)C3Cc4ccccc4CN3C(=O)c3ccco3)CC2)c1. The number of anilines is 1. The molecule has 0 aliphatic carbocycles. The summed E-state index contributed by atoms with van der Waals surface area (Å²) >= 11 is 0. The number of hydrogen-bond acceptors (Lipinski definition) is 5. The molecule has 0 radical (unpaired) electrons. The maximum Gasteiger partial charge on any atom is 0.290 e. The van der Waals surface area contributed by atoms with Crippen LogP contribution in [0.15, 0.2) is 71.3 Å². The number of amides is 2. The third kappa shape index (κ3) is 4.18. The first kappa shape index (κ1) is 21.1. The van der Waals surface area contributed by atoms with Gasteiger partial charge in [0.15, 0.2) is 5.76 Å². The summed E-state index contributed by atoms with van der Waals surface area (Å²) in [4.78, 5) is 32.7. The number of furan rings is 1. The van der Waals surface area contributed by atoms with E-state index in [0.29, 0.717) is 26.1 Å². The quantitative estimate of drug-likeness (QED) is 0.617. The third-order valence-corrected chi connectivity index (χ3v) is 6.54. The van der Waals surface area contributed by atoms with Crippen molar-refractivity contribution in [2.24, 2.45) is 0 Å². The molecule has 2 amide bonds. The van der Waals surface area contributed by atoms with Crippen LogP contribution in [0.1, 0.15) is 21.7 Å². The fourth-order valence-corrected chi connectivity index (χ4v) is 4.70. The zero-order valence-electron chi connectivity index (χ0n) is 18.6. The molecule has 2 aromatic carbocycles. The van der Waals surface area contributed by atoms with Crippen LogP contribution < -0.4 is 9.64 Å². The molecule has 2 aliphatic rings. The molecular weight excluding hydrogens is 418 g/mol. The van der Waals surface area contributed by atoms with Crippen LogP contribution in [0.2, 0.25) is 0 Å². The number of benzene rings is 2. The summed E-state index contributed by atoms with van der Waals surface area (Å²) in [5, 5.41) is 0. The fourth-order valence-electron chi connectivity index (χ4n) is 4.70. The molecule has 0 saturated carbocycles. The maximum atomic E-state index is 13.7. The summed E-state index contributed by atoms with van der Waals surface area (Å²) in [5.41, 5.74) is 3.28. The Kier molecular flexibility index (Phi) is 5.77. The fraction of sp³-hybridized carbons (Fsp3) is 0.308. The highest BCUT2D eigenvalue weighted by atomic mass is 16.5. The second-order valence-corrected chi connectivity index (χ2v) is 8.41. The third-order valence-electron chi connectivity index (χ3n) is 6.54. The molecule has 5 rings (SSSR count). The number of nitrogens with zero attached hydrogens (tertiary/aromatic N) is 3. The number of fused-ring (bicyclic) bond motifs is 1. The van der Waals surface area contributed by atoms with Crippen molar-refractivity contribution in [1.82, 2.24) is 9.80 Å². The van der Waals surface area contributed by atoms with E-state index >= 15 is 0 Å². The molecule has 0 bridgehead atoms. The van der Waals surface area contributed by atoms with Gasteiger partial charge >= 0.3 is 0 Å². The van der Waals surface area contributed by atoms with E-state index in [1.165, 1.54) is 6.26 Å². The Balaban J connectivity index is 1.33. The highest BCUT2D eigenvalue weighted by molar-refractivity contribution is 5.96. The van der Waals surface area contributed by atoms with E-state index < -0.39 is 6.04 Å². The van der Waals surface area contributed by atoms with Gasteiger partial charge in [-0.1, -0.05) is 30.3 Å². The van der Waals surface area contributed by atoms with E-state index in [4.69, 9.17) is 9.15 Å². The molecule has 0 spiro atoms. The lowest BCUT2D eigenvalue weighted by molar-refractivity contribution is -0.137. The molecule has 1 unspecified atom stereocenters. The number of carbonyl (C=O) groups is 2. The van der Waals surface area contributed by atoms with Crippen molar-refractivity contribution >= 4 is 17.5 Å². The molecule has 1 fully saturated rings. The van der Waals surface area contributed by atoms with Crippen molar-refractivity contribution in [3.63, 3.8) is 0 Å². The standard InChI is InChI=1S/C26H27N3O4/c1-32-22-9-4-8-21(17-22)27-11-13-28(14-12-27)25(30)23-16-19-6-2-3-7-20(19)18-29(23)26(31)24-10-5-15-33-24/h2-10,15,17,23H,11-14,16,18H2,1H3. The van der Waals surface area contributed by atoms with Crippen LogP contribution in [0.4, 0.5) is 5.69 Å². The van der Waals surface area contributed by atoms with Crippen molar-refractivity contribution in [3.8, 4) is 5.75 Å². The molecule has 0 N–H and O–H groups in total. The van der Waals surface area contributed by atoms with E-state index in [2.05, 4.69) is 11.0 Å². The normalized spacial score (nSPS) is 18.1. The molecule has 3 heterocycles. The highest BCUT2D eigenvalue weighted by Gasteiger charge is 2.38. The minimum absolute atomic E-state index is 0.00491. The molecule has 3 aromatic rings. The largest absolute Gasteiger partial charge is 0.497 e. The van der Waals surface area contributed by atoms with Crippen LogP contribution in [-0.4, -0.2) is 60.9 Å². The average Bonchev–Trinajstić information content (AvgIpc) is 3.42. The Hall–Kier alpha value is -3.74. The van der Waals surface area contributed by atoms with Crippen LogP contribution in [0.25, 0.3) is 0 Å². The average molecular weight is 446 g/mol. The van der Waals surface area contributed by atoms with Crippen LogP contribution in [0.3, 0.4) is 0 Å². The van der Waals surface area contributed by atoms with Gasteiger partial charge < -0.3 is 23.9 Å². The first-order valence-corrected chi connectivity index (χ1v) is 11.2. The zero-order valence-corrected chi connectivity index (χ0v) is 18.6. The lowest BCUT2D eigenvalue weighted by Crippen LogP contribution is -2.57. The van der Waals surface area contributed by atoms with Gasteiger partial charge in [0.2, 0.25) is 5.91 Å². The molecule has 33 heavy (non-hydrogen) atoms. The second-order valence-electron chi connectivity index (χ2n) is 8.41. The van der Waals surface area contributed by atoms with Crippen molar-refractivity contribution in [2.75, 3.05) is 38.2 Å². The van der Waals surface area contributed by atoms with E-state index in [1.807, 2.05) is 47.4 Å². The number of methoxy groups -OCH3 is 1. The summed E-state index contributed by atoms with van der Waals surface area (Å²) in [6.07, 6.45) is 2.00. The van der Waals surface area contributed by atoms with E-state index in [-0.39, 0.29) is 17.6 Å². The van der Waals surface area contributed by atoms with Gasteiger partial charge in [-0.25, -0.2) is 0 Å². The van der Waals surface area contributed by atoms with Gasteiger partial charge in [-0.2, -0.15) is 0 Å². The molecule has 7 heteroatoms. The number of rotatable bonds is 4. The van der Waals surface area contributed by atoms with E-state index in [9.17, 15) is 9.59 Å². The Labute approximate surface area is 193 Å². The number of ether oxygens (including phenoxy) is 1. The smallest absolute Gasteiger partial charge is 0.290 e. The Morgan fingerprint density at radius 1 is 0.939 bits per heavy atom. The number of carbonyl (C=O) groups excluding carboxylic acids is 2. The Bertz CT molecular complexity index is 1140. The molecule has 2 aliphatic heterocycles. The summed E-state index contributed by atoms with van der Waals surface area (Å²) in [6, 6.07) is 18.8. The summed E-state index contributed by atoms with van der Waals surface area (Å²) in [6.45, 7) is 3.08. The molecular formula is C26H27N3O4. The molecule has 170 valence electrons. The van der Waals surface area contributed by atoms with Gasteiger partial charge in [0.1, 0.15) is 11.8 Å². The molecule has 1 atom stereocenters. The topological polar surface area (TPSA) is 66.2 Å². The first-order valence-electron chi connectivity index (χ1n) is 11.2. The highest BCUT2D eigenvalue weighted by Crippen LogP contribution is 2.27. The van der Waals surface area contributed by atoms with Crippen molar-refractivity contribution in [2.45, 2.75) is 19.0 Å². The lowest BCUT2D eigenvalue weighted by Gasteiger charge is -2.41. The monoisotopic (exact) mass is 445 g/mol. The van der Waals surface area contributed by atoms with Crippen LogP contribution in [0.5, 0.6) is 5.75 Å². The van der Waals surface area contributed by atoms with E-state index in [0.717, 1.165) is 35.7 Å². The predicted molar refractivity (Wildman–Crippen MR) is 124 cm³/mol. The Morgan fingerprint density at radius 3 is 2.45 bits per heavy atom. The van der Waals surface area contributed by atoms with Gasteiger partial charge in [-0.15, -0.1) is 0 Å². The minimum Gasteiger partial charge on any atom is -0.497 e. The molecule has 7 nitrogen and oxygen atoms in total. The van der Waals surface area contributed by atoms with Gasteiger partial charge in [-0.3, -0.25) is 9.59 Å². The van der Waals surface area contributed by atoms with Crippen LogP contribution in [0, 0.1) is 0 Å². The molecule has 1 aromatic heterocycles. The van der Waals surface area contributed by atoms with E-state index in [1.54, 1.807) is 24.1 Å². The van der Waals surface area contributed by atoms with Gasteiger partial charge in [0.05, 0.1) is 13.4 Å². The number of hydrogen-bond donors (Lipinski definition) is 0. The van der Waals surface area contributed by atoms with Crippen LogP contribution in [-0.2, 0) is 17.8 Å². The Morgan fingerprint density at radius 2 is 1.73 bits per heavy atom. The van der Waals surface area contributed by atoms with Gasteiger partial charge in [-0.05, 0) is 35.4 Å². The van der Waals surface area contributed by atoms with Crippen molar-refractivity contribution in [1.29, 1.82) is 0 Å². The van der Waals surface area contributed by atoms with Crippen LogP contribution >= 0.6 is 0 Å². The summed E-state index contributed by atoms with van der Waals surface area (Å²) in [5.74, 6) is 0.826. The van der Waals surface area contributed by atoms with Crippen molar-refractivity contribution in [3.05, 3.63) is 83.8 Å². The van der Waals surface area contributed by atoms with Gasteiger partial charge in [0, 0.05) is 50.9 Å². The molecule has 1 saturated heterocycles. The lowest BCUT2D eigenvalue weighted by atomic mass is 9.92. The first-order chi connectivity index (χ1) is 16.1. The minimum atomic E-state index is -0.541. The van der Waals surface area contributed by atoms with Gasteiger partial charge in [0.25, 0.3) is 5.91 Å².